The fourth-order valence-corrected chi connectivity index (χ4v) is 3.35. The van der Waals surface area contributed by atoms with Gasteiger partial charge in [0.2, 0.25) is 10.0 Å². The van der Waals surface area contributed by atoms with Gasteiger partial charge in [-0.25, -0.2) is 13.1 Å². The van der Waals surface area contributed by atoms with Crippen LogP contribution >= 0.6 is 0 Å². The van der Waals surface area contributed by atoms with E-state index in [0.717, 1.165) is 0 Å². The van der Waals surface area contributed by atoms with Crippen LogP contribution in [0.4, 0.5) is 0 Å². The zero-order chi connectivity index (χ0) is 14.1. The number of hydrogen-bond donors (Lipinski definition) is 2. The quantitative estimate of drug-likeness (QED) is 0.779. The van der Waals surface area contributed by atoms with Crippen LogP contribution in [0.5, 0.6) is 0 Å². The molecule has 1 aliphatic rings. The molecule has 0 aliphatic carbocycles. The van der Waals surface area contributed by atoms with E-state index < -0.39 is 15.6 Å². The molecule has 19 heavy (non-hydrogen) atoms. The molecule has 1 aromatic heterocycles. The molecule has 0 saturated carbocycles. The third-order valence-corrected chi connectivity index (χ3v) is 5.09. The van der Waals surface area contributed by atoms with Crippen molar-refractivity contribution in [2.75, 3.05) is 19.8 Å². The summed E-state index contributed by atoms with van der Waals surface area (Å²) >= 11 is 0. The van der Waals surface area contributed by atoms with Gasteiger partial charge >= 0.3 is 0 Å². The molecule has 0 spiro atoms. The van der Waals surface area contributed by atoms with Crippen LogP contribution in [0.2, 0.25) is 0 Å². The maximum atomic E-state index is 12.2. The van der Waals surface area contributed by atoms with Crippen LogP contribution in [0.3, 0.4) is 0 Å². The molecule has 2 heterocycles. The van der Waals surface area contributed by atoms with E-state index in [1.54, 1.807) is 14.0 Å². The van der Waals surface area contributed by atoms with Crippen LogP contribution in [-0.4, -0.2) is 43.5 Å². The maximum Gasteiger partial charge on any atom is 0.244 e. The molecule has 1 aliphatic heterocycles. The van der Waals surface area contributed by atoms with E-state index in [1.165, 1.54) is 10.9 Å². The summed E-state index contributed by atoms with van der Waals surface area (Å²) in [6, 6.07) is 0. The summed E-state index contributed by atoms with van der Waals surface area (Å²) in [5.41, 5.74) is 6.24. The van der Waals surface area contributed by atoms with Crippen LogP contribution in [0.15, 0.2) is 11.1 Å². The highest BCUT2D eigenvalue weighted by atomic mass is 32.2. The van der Waals surface area contributed by atoms with Crippen molar-refractivity contribution in [3.05, 3.63) is 11.9 Å². The van der Waals surface area contributed by atoms with Crippen molar-refractivity contribution >= 4 is 10.0 Å². The van der Waals surface area contributed by atoms with Gasteiger partial charge in [-0.1, -0.05) is 0 Å². The van der Waals surface area contributed by atoms with Crippen molar-refractivity contribution in [2.24, 2.45) is 12.8 Å². The Bertz CT molecular complexity index is 546. The van der Waals surface area contributed by atoms with Gasteiger partial charge in [-0.2, -0.15) is 5.10 Å². The molecule has 3 N–H and O–H groups in total. The van der Waals surface area contributed by atoms with E-state index in [2.05, 4.69) is 9.82 Å². The van der Waals surface area contributed by atoms with Crippen LogP contribution in [0.25, 0.3) is 0 Å². The lowest BCUT2D eigenvalue weighted by atomic mass is 9.92. The smallest absolute Gasteiger partial charge is 0.244 e. The van der Waals surface area contributed by atoms with E-state index in [4.69, 9.17) is 10.5 Å². The Hall–Kier alpha value is -0.960. The van der Waals surface area contributed by atoms with Crippen LogP contribution in [0, 0.1) is 6.92 Å². The van der Waals surface area contributed by atoms with Gasteiger partial charge < -0.3 is 10.5 Å². The molecule has 1 aromatic rings. The molecular weight excluding hydrogens is 268 g/mol. The highest BCUT2D eigenvalue weighted by Gasteiger charge is 2.30. The number of nitrogens with two attached hydrogens (primary N) is 1. The minimum atomic E-state index is -3.56. The van der Waals surface area contributed by atoms with Crippen molar-refractivity contribution in [1.82, 2.24) is 14.5 Å². The van der Waals surface area contributed by atoms with Crippen LogP contribution < -0.4 is 10.5 Å². The van der Waals surface area contributed by atoms with Crippen LogP contribution in [-0.2, 0) is 21.8 Å². The predicted octanol–water partition coefficient (Wildman–Crippen LogP) is -0.485. The Morgan fingerprint density at radius 3 is 2.68 bits per heavy atom. The Balaban J connectivity index is 2.08. The van der Waals surface area contributed by atoms with Gasteiger partial charge in [-0.05, 0) is 19.8 Å². The van der Waals surface area contributed by atoms with Crippen molar-refractivity contribution < 1.29 is 13.2 Å². The maximum absolute atomic E-state index is 12.2. The van der Waals surface area contributed by atoms with E-state index in [9.17, 15) is 8.42 Å². The second-order valence-electron chi connectivity index (χ2n) is 5.02. The number of aromatic nitrogens is 2. The first-order valence-electron chi connectivity index (χ1n) is 6.19. The van der Waals surface area contributed by atoms with Crippen molar-refractivity contribution in [2.45, 2.75) is 30.2 Å². The number of nitrogens with zero attached hydrogens (tertiary/aromatic N) is 2. The third kappa shape index (κ3) is 3.14. The molecule has 0 aromatic carbocycles. The molecule has 1 saturated heterocycles. The lowest BCUT2D eigenvalue weighted by molar-refractivity contribution is 0.0549. The summed E-state index contributed by atoms with van der Waals surface area (Å²) in [6.07, 6.45) is 2.66. The fraction of sp³-hybridized carbons (Fsp3) is 0.727. The van der Waals surface area contributed by atoms with Gasteiger partial charge in [0.25, 0.3) is 0 Å². The number of aryl methyl sites for hydroxylation is 1. The first-order chi connectivity index (χ1) is 8.84. The summed E-state index contributed by atoms with van der Waals surface area (Å²) < 4.78 is 33.7. The van der Waals surface area contributed by atoms with E-state index in [1.807, 2.05) is 0 Å². The first kappa shape index (κ1) is 14.4. The molecule has 0 radical (unpaired) electrons. The first-order valence-corrected chi connectivity index (χ1v) is 7.67. The normalized spacial score (nSPS) is 19.5. The number of ether oxygens (including phenoxy) is 1. The number of sulfonamides is 1. The zero-order valence-electron chi connectivity index (χ0n) is 11.2. The Kier molecular flexibility index (Phi) is 3.95. The van der Waals surface area contributed by atoms with Crippen LogP contribution in [0.1, 0.15) is 18.5 Å². The summed E-state index contributed by atoms with van der Waals surface area (Å²) in [5, 5.41) is 3.94. The van der Waals surface area contributed by atoms with Gasteiger partial charge in [0, 0.05) is 32.3 Å². The largest absolute Gasteiger partial charge is 0.381 e. The predicted molar refractivity (Wildman–Crippen MR) is 70.1 cm³/mol. The van der Waals surface area contributed by atoms with E-state index in [-0.39, 0.29) is 11.4 Å². The van der Waals surface area contributed by atoms with Gasteiger partial charge in [0.05, 0.1) is 11.9 Å². The highest BCUT2D eigenvalue weighted by Crippen LogP contribution is 2.18. The fourth-order valence-electron chi connectivity index (χ4n) is 2.01. The minimum absolute atomic E-state index is 0.200. The van der Waals surface area contributed by atoms with Crippen molar-refractivity contribution in [3.63, 3.8) is 0 Å². The van der Waals surface area contributed by atoms with Gasteiger partial charge in [-0.3, -0.25) is 4.68 Å². The van der Waals surface area contributed by atoms with Gasteiger partial charge in [0.1, 0.15) is 4.90 Å². The minimum Gasteiger partial charge on any atom is -0.381 e. The van der Waals surface area contributed by atoms with Gasteiger partial charge in [-0.15, -0.1) is 0 Å². The molecule has 108 valence electrons. The van der Waals surface area contributed by atoms with Crippen molar-refractivity contribution in [1.29, 1.82) is 0 Å². The molecule has 8 heteroatoms. The third-order valence-electron chi connectivity index (χ3n) is 3.58. The van der Waals surface area contributed by atoms with E-state index >= 15 is 0 Å². The van der Waals surface area contributed by atoms with Gasteiger partial charge in [0.15, 0.2) is 0 Å². The Morgan fingerprint density at radius 2 is 2.16 bits per heavy atom. The monoisotopic (exact) mass is 288 g/mol. The lowest BCUT2D eigenvalue weighted by Crippen LogP contribution is -2.53. The summed E-state index contributed by atoms with van der Waals surface area (Å²) in [4.78, 5) is 0.200. The molecule has 0 atom stereocenters. The standard InChI is InChI=1S/C11H20N4O3S/c1-9-10(7-13-15(9)2)19(16,17)14-8-11(12)3-5-18-6-4-11/h7,14H,3-6,8,12H2,1-2H3. The molecular formula is C11H20N4O3S. The topological polar surface area (TPSA) is 99.2 Å². The molecule has 7 nitrogen and oxygen atoms in total. The second-order valence-corrected chi connectivity index (χ2v) is 6.75. The average Bonchev–Trinajstić information content (AvgIpc) is 2.70. The second kappa shape index (κ2) is 5.20. The molecule has 0 bridgehead atoms. The highest BCUT2D eigenvalue weighted by molar-refractivity contribution is 7.89. The SMILES string of the molecule is Cc1c(S(=O)(=O)NCC2(N)CCOCC2)cnn1C. The molecule has 0 unspecified atom stereocenters. The summed E-state index contributed by atoms with van der Waals surface area (Å²) in [6.45, 7) is 3.08. The molecule has 0 amide bonds. The Labute approximate surface area is 113 Å². The molecule has 2 rings (SSSR count). The number of nitrogens with one attached hydrogen (secondary N) is 1. The molecule has 1 fully saturated rings. The zero-order valence-corrected chi connectivity index (χ0v) is 12.0. The number of rotatable bonds is 4. The average molecular weight is 288 g/mol. The lowest BCUT2D eigenvalue weighted by Gasteiger charge is -2.33. The van der Waals surface area contributed by atoms with Crippen molar-refractivity contribution in [3.8, 4) is 0 Å². The number of hydrogen-bond acceptors (Lipinski definition) is 5. The summed E-state index contributed by atoms with van der Waals surface area (Å²) in [5.74, 6) is 0. The van der Waals surface area contributed by atoms with E-state index in [0.29, 0.717) is 31.7 Å². The summed E-state index contributed by atoms with van der Waals surface area (Å²) in [7, 11) is -1.86. The Morgan fingerprint density at radius 1 is 1.53 bits per heavy atom.